The van der Waals surface area contributed by atoms with E-state index in [4.69, 9.17) is 0 Å². The molecular weight excluding hydrogens is 231 g/mol. The zero-order valence-corrected chi connectivity index (χ0v) is 11.2. The molecule has 1 rings (SSSR count). The van der Waals surface area contributed by atoms with Crippen molar-refractivity contribution in [3.05, 3.63) is 35.6 Å². The number of nitrogens with one attached hydrogen (secondary N) is 1. The zero-order valence-electron chi connectivity index (χ0n) is 11.2. The number of hydrogen-bond acceptors (Lipinski definition) is 2. The van der Waals surface area contributed by atoms with Crippen LogP contribution in [-0.2, 0) is 4.79 Å². The highest BCUT2D eigenvalue weighted by atomic mass is 19.1. The molecule has 0 saturated heterocycles. The average Bonchev–Trinajstić information content (AvgIpc) is 2.33. The van der Waals surface area contributed by atoms with E-state index in [2.05, 4.69) is 5.32 Å². The van der Waals surface area contributed by atoms with Crippen LogP contribution in [0.2, 0.25) is 0 Å². The molecule has 0 unspecified atom stereocenters. The van der Waals surface area contributed by atoms with Gasteiger partial charge in [-0.05, 0) is 37.6 Å². The van der Waals surface area contributed by atoms with Crippen LogP contribution < -0.4 is 5.32 Å². The van der Waals surface area contributed by atoms with Gasteiger partial charge in [-0.2, -0.15) is 0 Å². The average molecular weight is 252 g/mol. The van der Waals surface area contributed by atoms with Crippen LogP contribution in [0, 0.1) is 5.82 Å². The van der Waals surface area contributed by atoms with E-state index in [1.165, 1.54) is 12.1 Å². The first-order valence-electron chi connectivity index (χ1n) is 6.19. The van der Waals surface area contributed by atoms with Crippen LogP contribution in [0.3, 0.4) is 0 Å². The van der Waals surface area contributed by atoms with E-state index >= 15 is 0 Å². The number of benzene rings is 1. The number of halogens is 1. The predicted molar refractivity (Wildman–Crippen MR) is 70.7 cm³/mol. The standard InChI is InChI=1S/C14H21FN2O/c1-11(12-6-4-7-13(15)10-12)16-9-5-8-14(18)17(2)3/h4,6-7,10-11,16H,5,8-9H2,1-3H3/t11-/m0/s1. The first-order chi connectivity index (χ1) is 8.50. The summed E-state index contributed by atoms with van der Waals surface area (Å²) < 4.78 is 13.0. The third-order valence-electron chi connectivity index (χ3n) is 2.87. The summed E-state index contributed by atoms with van der Waals surface area (Å²) in [5.74, 6) is -0.0841. The van der Waals surface area contributed by atoms with Crippen LogP contribution in [0.25, 0.3) is 0 Å². The van der Waals surface area contributed by atoms with Crippen LogP contribution in [0.4, 0.5) is 4.39 Å². The fourth-order valence-corrected chi connectivity index (χ4v) is 1.68. The number of rotatable bonds is 6. The van der Waals surface area contributed by atoms with Crippen molar-refractivity contribution in [1.29, 1.82) is 0 Å². The maximum absolute atomic E-state index is 13.0. The smallest absolute Gasteiger partial charge is 0.222 e. The normalized spacial score (nSPS) is 12.2. The zero-order chi connectivity index (χ0) is 13.5. The SMILES string of the molecule is C[C@H](NCCCC(=O)N(C)C)c1cccc(F)c1. The van der Waals surface area contributed by atoms with E-state index in [0.29, 0.717) is 6.42 Å². The lowest BCUT2D eigenvalue weighted by atomic mass is 10.1. The lowest BCUT2D eigenvalue weighted by Crippen LogP contribution is -2.24. The Labute approximate surface area is 108 Å². The Balaban J connectivity index is 2.29. The molecule has 100 valence electrons. The molecule has 1 aromatic rings. The molecule has 1 atom stereocenters. The van der Waals surface area contributed by atoms with E-state index in [-0.39, 0.29) is 17.8 Å². The van der Waals surface area contributed by atoms with Crippen molar-refractivity contribution in [2.24, 2.45) is 0 Å². The number of carbonyl (C=O) groups excluding carboxylic acids is 1. The first-order valence-corrected chi connectivity index (χ1v) is 6.19. The van der Waals surface area contributed by atoms with Gasteiger partial charge < -0.3 is 10.2 Å². The highest BCUT2D eigenvalue weighted by molar-refractivity contribution is 5.75. The van der Waals surface area contributed by atoms with E-state index in [1.54, 1.807) is 25.1 Å². The fourth-order valence-electron chi connectivity index (χ4n) is 1.68. The molecule has 0 bridgehead atoms. The molecule has 0 fully saturated rings. The Morgan fingerprint density at radius 1 is 1.44 bits per heavy atom. The first kappa shape index (κ1) is 14.6. The summed E-state index contributed by atoms with van der Waals surface area (Å²) >= 11 is 0. The van der Waals surface area contributed by atoms with Crippen LogP contribution in [0.5, 0.6) is 0 Å². The van der Waals surface area contributed by atoms with Crippen LogP contribution >= 0.6 is 0 Å². The lowest BCUT2D eigenvalue weighted by Gasteiger charge is -2.15. The van der Waals surface area contributed by atoms with Crippen molar-refractivity contribution in [2.45, 2.75) is 25.8 Å². The van der Waals surface area contributed by atoms with Gasteiger partial charge in [0.15, 0.2) is 0 Å². The molecular formula is C14H21FN2O. The minimum absolute atomic E-state index is 0.0927. The second-order valence-electron chi connectivity index (χ2n) is 4.62. The summed E-state index contributed by atoms with van der Waals surface area (Å²) in [5.41, 5.74) is 0.925. The Kier molecular flexibility index (Phi) is 5.78. The van der Waals surface area contributed by atoms with Crippen molar-refractivity contribution in [2.75, 3.05) is 20.6 Å². The molecule has 4 heteroatoms. The molecule has 0 saturated carbocycles. The van der Waals surface area contributed by atoms with Crippen molar-refractivity contribution in [3.63, 3.8) is 0 Å². The van der Waals surface area contributed by atoms with Gasteiger partial charge in [-0.25, -0.2) is 4.39 Å². The van der Waals surface area contributed by atoms with Gasteiger partial charge in [-0.3, -0.25) is 4.79 Å². The Morgan fingerprint density at radius 3 is 2.78 bits per heavy atom. The van der Waals surface area contributed by atoms with Crippen molar-refractivity contribution in [1.82, 2.24) is 10.2 Å². The molecule has 0 aliphatic heterocycles. The maximum atomic E-state index is 13.0. The summed E-state index contributed by atoms with van der Waals surface area (Å²) in [6, 6.07) is 6.66. The highest BCUT2D eigenvalue weighted by Crippen LogP contribution is 2.13. The fraction of sp³-hybridized carbons (Fsp3) is 0.500. The predicted octanol–water partition coefficient (Wildman–Crippen LogP) is 2.34. The molecule has 1 N–H and O–H groups in total. The maximum Gasteiger partial charge on any atom is 0.222 e. The van der Waals surface area contributed by atoms with Gasteiger partial charge >= 0.3 is 0 Å². The van der Waals surface area contributed by atoms with Crippen molar-refractivity contribution in [3.8, 4) is 0 Å². The van der Waals surface area contributed by atoms with Crippen LogP contribution in [0.1, 0.15) is 31.4 Å². The van der Waals surface area contributed by atoms with Crippen molar-refractivity contribution >= 4 is 5.91 Å². The minimum atomic E-state index is -0.219. The van der Waals surface area contributed by atoms with Gasteiger partial charge in [0.1, 0.15) is 5.82 Å². The number of nitrogens with zero attached hydrogens (tertiary/aromatic N) is 1. The van der Waals surface area contributed by atoms with E-state index < -0.39 is 0 Å². The summed E-state index contributed by atoms with van der Waals surface area (Å²) in [7, 11) is 3.51. The summed E-state index contributed by atoms with van der Waals surface area (Å²) in [5, 5.41) is 3.28. The van der Waals surface area contributed by atoms with E-state index in [9.17, 15) is 9.18 Å². The monoisotopic (exact) mass is 252 g/mol. The van der Waals surface area contributed by atoms with Crippen LogP contribution in [0.15, 0.2) is 24.3 Å². The summed E-state index contributed by atoms with van der Waals surface area (Å²) in [4.78, 5) is 12.9. The Bertz CT molecular complexity index is 393. The quantitative estimate of drug-likeness (QED) is 0.788. The Hall–Kier alpha value is -1.42. The summed E-state index contributed by atoms with van der Waals surface area (Å²) in [6.45, 7) is 2.74. The number of hydrogen-bond donors (Lipinski definition) is 1. The molecule has 0 aliphatic rings. The van der Waals surface area contributed by atoms with E-state index in [1.807, 2.05) is 13.0 Å². The molecule has 0 aromatic heterocycles. The molecule has 1 aromatic carbocycles. The van der Waals surface area contributed by atoms with Gasteiger partial charge in [-0.15, -0.1) is 0 Å². The third kappa shape index (κ3) is 4.84. The highest BCUT2D eigenvalue weighted by Gasteiger charge is 2.06. The largest absolute Gasteiger partial charge is 0.349 e. The van der Waals surface area contributed by atoms with Crippen molar-refractivity contribution < 1.29 is 9.18 Å². The summed E-state index contributed by atoms with van der Waals surface area (Å²) in [6.07, 6.45) is 1.33. The van der Waals surface area contributed by atoms with Gasteiger partial charge in [0.2, 0.25) is 5.91 Å². The second kappa shape index (κ2) is 7.11. The second-order valence-corrected chi connectivity index (χ2v) is 4.62. The van der Waals surface area contributed by atoms with Gasteiger partial charge in [-0.1, -0.05) is 12.1 Å². The van der Waals surface area contributed by atoms with Crippen LogP contribution in [-0.4, -0.2) is 31.4 Å². The van der Waals surface area contributed by atoms with Gasteiger partial charge in [0.05, 0.1) is 0 Å². The molecule has 0 spiro atoms. The Morgan fingerprint density at radius 2 is 2.17 bits per heavy atom. The van der Waals surface area contributed by atoms with Gasteiger partial charge in [0, 0.05) is 26.6 Å². The molecule has 0 aliphatic carbocycles. The third-order valence-corrected chi connectivity index (χ3v) is 2.87. The minimum Gasteiger partial charge on any atom is -0.349 e. The topological polar surface area (TPSA) is 32.3 Å². The number of carbonyl (C=O) groups is 1. The number of amides is 1. The molecule has 1 amide bonds. The molecule has 0 radical (unpaired) electrons. The lowest BCUT2D eigenvalue weighted by molar-refractivity contribution is -0.128. The molecule has 3 nitrogen and oxygen atoms in total. The van der Waals surface area contributed by atoms with Gasteiger partial charge in [0.25, 0.3) is 0 Å². The molecule has 18 heavy (non-hydrogen) atoms. The molecule has 0 heterocycles. The van der Waals surface area contributed by atoms with E-state index in [0.717, 1.165) is 18.5 Å².